The van der Waals surface area contributed by atoms with Gasteiger partial charge in [0.05, 0.1) is 12.2 Å². The Morgan fingerprint density at radius 3 is 2.33 bits per heavy atom. The van der Waals surface area contributed by atoms with Crippen LogP contribution in [0.5, 0.6) is 5.88 Å². The fourth-order valence-electron chi connectivity index (χ4n) is 2.77. The van der Waals surface area contributed by atoms with Crippen molar-refractivity contribution < 1.29 is 18.7 Å². The molecule has 0 atom stereocenters. The second-order valence-electron chi connectivity index (χ2n) is 6.03. The summed E-state index contributed by atoms with van der Waals surface area (Å²) in [6.45, 7) is 4.09. The summed E-state index contributed by atoms with van der Waals surface area (Å²) in [7, 11) is 0. The largest absolute Gasteiger partial charge is 0.478 e. The summed E-state index contributed by atoms with van der Waals surface area (Å²) >= 11 is 0. The molecule has 1 saturated heterocycles. The van der Waals surface area contributed by atoms with Gasteiger partial charge >= 0.3 is 6.03 Å². The number of nitrogens with zero attached hydrogens (tertiary/aromatic N) is 3. The predicted molar refractivity (Wildman–Crippen MR) is 98.3 cm³/mol. The van der Waals surface area contributed by atoms with Crippen molar-refractivity contribution in [2.75, 3.05) is 38.1 Å². The molecule has 0 radical (unpaired) electrons. The number of pyridine rings is 1. The molecule has 142 valence electrons. The standard InChI is InChI=1S/C19H21FN4O3/c1-2-27-17-8-3-14(13-21-17)18(25)23-9-11-24(12-10-23)19(26)22-16-6-4-15(20)5-7-16/h3-8,13H,2,9-12H2,1H3,(H,22,26). The zero-order valence-electron chi connectivity index (χ0n) is 15.0. The number of anilines is 1. The fourth-order valence-corrected chi connectivity index (χ4v) is 2.77. The van der Waals surface area contributed by atoms with Crippen LogP contribution in [0.1, 0.15) is 17.3 Å². The van der Waals surface area contributed by atoms with Gasteiger partial charge in [-0.05, 0) is 37.3 Å². The Morgan fingerprint density at radius 1 is 1.07 bits per heavy atom. The smallest absolute Gasteiger partial charge is 0.321 e. The molecule has 2 aromatic rings. The lowest BCUT2D eigenvalue weighted by Gasteiger charge is -2.34. The van der Waals surface area contributed by atoms with Crippen molar-refractivity contribution in [2.45, 2.75) is 6.92 Å². The second kappa shape index (κ2) is 8.48. The highest BCUT2D eigenvalue weighted by Gasteiger charge is 2.25. The molecular weight excluding hydrogens is 351 g/mol. The van der Waals surface area contributed by atoms with Crippen molar-refractivity contribution in [2.24, 2.45) is 0 Å². The van der Waals surface area contributed by atoms with E-state index in [1.165, 1.54) is 30.5 Å². The van der Waals surface area contributed by atoms with Crippen molar-refractivity contribution in [1.29, 1.82) is 0 Å². The molecule has 2 heterocycles. The van der Waals surface area contributed by atoms with Gasteiger partial charge in [-0.25, -0.2) is 14.2 Å². The Morgan fingerprint density at radius 2 is 1.74 bits per heavy atom. The predicted octanol–water partition coefficient (Wildman–Crippen LogP) is 2.61. The monoisotopic (exact) mass is 372 g/mol. The van der Waals surface area contributed by atoms with Crippen molar-refractivity contribution >= 4 is 17.6 Å². The number of halogens is 1. The average molecular weight is 372 g/mol. The third kappa shape index (κ3) is 4.72. The van der Waals surface area contributed by atoms with Gasteiger partial charge in [0.2, 0.25) is 5.88 Å². The summed E-state index contributed by atoms with van der Waals surface area (Å²) in [6.07, 6.45) is 1.50. The van der Waals surface area contributed by atoms with Gasteiger partial charge in [0.25, 0.3) is 5.91 Å². The first-order valence-corrected chi connectivity index (χ1v) is 8.76. The van der Waals surface area contributed by atoms with Crippen LogP contribution in [0.3, 0.4) is 0 Å². The summed E-state index contributed by atoms with van der Waals surface area (Å²) < 4.78 is 18.2. The topological polar surface area (TPSA) is 74.8 Å². The Balaban J connectivity index is 1.52. The number of amides is 3. The van der Waals surface area contributed by atoms with Gasteiger partial charge in [0.1, 0.15) is 5.82 Å². The number of aromatic nitrogens is 1. The van der Waals surface area contributed by atoms with Crippen LogP contribution < -0.4 is 10.1 Å². The molecular formula is C19H21FN4O3. The minimum Gasteiger partial charge on any atom is -0.478 e. The second-order valence-corrected chi connectivity index (χ2v) is 6.03. The van der Waals surface area contributed by atoms with E-state index in [4.69, 9.17) is 4.74 Å². The third-order valence-corrected chi connectivity index (χ3v) is 4.23. The van der Waals surface area contributed by atoms with Gasteiger partial charge < -0.3 is 19.9 Å². The van der Waals surface area contributed by atoms with Gasteiger partial charge in [-0.2, -0.15) is 0 Å². The molecule has 0 saturated carbocycles. The number of ether oxygens (including phenoxy) is 1. The van der Waals surface area contributed by atoms with Crippen molar-refractivity contribution in [3.63, 3.8) is 0 Å². The van der Waals surface area contributed by atoms with Crippen molar-refractivity contribution in [3.05, 3.63) is 54.0 Å². The molecule has 7 nitrogen and oxygen atoms in total. The van der Waals surface area contributed by atoms with Crippen LogP contribution in [-0.4, -0.2) is 59.5 Å². The normalized spacial score (nSPS) is 14.0. The van der Waals surface area contributed by atoms with E-state index in [0.29, 0.717) is 49.9 Å². The first kappa shape index (κ1) is 18.6. The van der Waals surface area contributed by atoms with Gasteiger partial charge in [-0.3, -0.25) is 4.79 Å². The molecule has 1 fully saturated rings. The van der Waals surface area contributed by atoms with Crippen LogP contribution in [-0.2, 0) is 0 Å². The summed E-state index contributed by atoms with van der Waals surface area (Å²) in [5.74, 6) is 0.00406. The minimum absolute atomic E-state index is 0.121. The maximum Gasteiger partial charge on any atom is 0.321 e. The van der Waals surface area contributed by atoms with Crippen LogP contribution >= 0.6 is 0 Å². The van der Waals surface area contributed by atoms with Crippen LogP contribution in [0.25, 0.3) is 0 Å². The van der Waals surface area contributed by atoms with Gasteiger partial charge in [0, 0.05) is 44.1 Å². The molecule has 1 N–H and O–H groups in total. The van der Waals surface area contributed by atoms with E-state index >= 15 is 0 Å². The van der Waals surface area contributed by atoms with E-state index < -0.39 is 0 Å². The van der Waals surface area contributed by atoms with E-state index in [1.807, 2.05) is 6.92 Å². The number of benzene rings is 1. The molecule has 3 amide bonds. The summed E-state index contributed by atoms with van der Waals surface area (Å²) in [5, 5.41) is 2.73. The molecule has 0 spiro atoms. The van der Waals surface area contributed by atoms with E-state index in [1.54, 1.807) is 21.9 Å². The minimum atomic E-state index is -0.357. The highest BCUT2D eigenvalue weighted by molar-refractivity contribution is 5.94. The summed E-state index contributed by atoms with van der Waals surface area (Å²) in [5.41, 5.74) is 1.02. The zero-order chi connectivity index (χ0) is 19.2. The Bertz CT molecular complexity index is 788. The van der Waals surface area contributed by atoms with E-state index in [9.17, 15) is 14.0 Å². The number of nitrogens with one attached hydrogen (secondary N) is 1. The highest BCUT2D eigenvalue weighted by atomic mass is 19.1. The first-order chi connectivity index (χ1) is 13.1. The molecule has 3 rings (SSSR count). The molecule has 1 aliphatic heterocycles. The lowest BCUT2D eigenvalue weighted by Crippen LogP contribution is -2.51. The van der Waals surface area contributed by atoms with E-state index in [0.717, 1.165) is 0 Å². The quantitative estimate of drug-likeness (QED) is 0.895. The molecule has 8 heteroatoms. The Kier molecular flexibility index (Phi) is 5.85. The molecule has 0 unspecified atom stereocenters. The maximum absolute atomic E-state index is 12.9. The molecule has 1 aromatic heterocycles. The van der Waals surface area contributed by atoms with Crippen LogP contribution in [0.2, 0.25) is 0 Å². The van der Waals surface area contributed by atoms with Crippen molar-refractivity contribution in [3.8, 4) is 5.88 Å². The highest BCUT2D eigenvalue weighted by Crippen LogP contribution is 2.13. The number of carbonyl (C=O) groups is 2. The van der Waals surface area contributed by atoms with E-state index in [-0.39, 0.29) is 17.8 Å². The zero-order valence-corrected chi connectivity index (χ0v) is 15.0. The Labute approximate surface area is 156 Å². The molecule has 0 aliphatic carbocycles. The van der Waals surface area contributed by atoms with Crippen LogP contribution in [0.4, 0.5) is 14.9 Å². The number of urea groups is 1. The van der Waals surface area contributed by atoms with Crippen LogP contribution in [0.15, 0.2) is 42.6 Å². The molecule has 0 bridgehead atoms. The third-order valence-electron chi connectivity index (χ3n) is 4.23. The maximum atomic E-state index is 12.9. The molecule has 27 heavy (non-hydrogen) atoms. The first-order valence-electron chi connectivity index (χ1n) is 8.76. The molecule has 1 aliphatic rings. The number of hydrogen-bond donors (Lipinski definition) is 1. The number of hydrogen-bond acceptors (Lipinski definition) is 4. The number of piperazine rings is 1. The van der Waals surface area contributed by atoms with Crippen molar-refractivity contribution in [1.82, 2.24) is 14.8 Å². The number of carbonyl (C=O) groups excluding carboxylic acids is 2. The Hall–Kier alpha value is -3.16. The lowest BCUT2D eigenvalue weighted by molar-refractivity contribution is 0.0671. The summed E-state index contributed by atoms with van der Waals surface area (Å²) in [6, 6.07) is 8.68. The average Bonchev–Trinajstić information content (AvgIpc) is 2.70. The molecule has 1 aromatic carbocycles. The number of rotatable bonds is 4. The van der Waals surface area contributed by atoms with Gasteiger partial charge in [0.15, 0.2) is 0 Å². The SMILES string of the molecule is CCOc1ccc(C(=O)N2CCN(C(=O)Nc3ccc(F)cc3)CC2)cn1. The van der Waals surface area contributed by atoms with E-state index in [2.05, 4.69) is 10.3 Å². The van der Waals surface area contributed by atoms with Crippen LogP contribution in [0, 0.1) is 5.82 Å². The summed E-state index contributed by atoms with van der Waals surface area (Å²) in [4.78, 5) is 32.3. The van der Waals surface area contributed by atoms with Gasteiger partial charge in [-0.1, -0.05) is 0 Å². The lowest BCUT2D eigenvalue weighted by atomic mass is 10.2. The van der Waals surface area contributed by atoms with Gasteiger partial charge in [-0.15, -0.1) is 0 Å². The fraction of sp³-hybridized carbons (Fsp3) is 0.316.